The minimum Gasteiger partial charge on any atom is -0.366 e. The number of piperazine rings is 1. The highest BCUT2D eigenvalue weighted by atomic mass is 35.5. The SMILES string of the molecule is CC1CN(C)CCN1c1ccc(CNC(C)(C)C)c(Cl)c1. The molecule has 1 saturated heterocycles. The number of nitrogens with one attached hydrogen (secondary N) is 1. The molecule has 1 N–H and O–H groups in total. The van der Waals surface area contributed by atoms with Gasteiger partial charge in [0.1, 0.15) is 0 Å². The molecule has 1 aliphatic heterocycles. The third kappa shape index (κ3) is 4.60. The lowest BCUT2D eigenvalue weighted by atomic mass is 10.1. The zero-order valence-corrected chi connectivity index (χ0v) is 14.7. The summed E-state index contributed by atoms with van der Waals surface area (Å²) in [6.07, 6.45) is 0. The highest BCUT2D eigenvalue weighted by Crippen LogP contribution is 2.26. The van der Waals surface area contributed by atoms with Gasteiger partial charge in [0.15, 0.2) is 0 Å². The second kappa shape index (κ2) is 6.55. The van der Waals surface area contributed by atoms with E-state index in [-0.39, 0.29) is 5.54 Å². The Morgan fingerprint density at radius 2 is 2.00 bits per heavy atom. The topological polar surface area (TPSA) is 18.5 Å². The van der Waals surface area contributed by atoms with Gasteiger partial charge in [0.2, 0.25) is 0 Å². The number of nitrogens with zero attached hydrogens (tertiary/aromatic N) is 2. The van der Waals surface area contributed by atoms with Crippen LogP contribution in [-0.4, -0.2) is 43.2 Å². The van der Waals surface area contributed by atoms with Crippen molar-refractivity contribution in [1.82, 2.24) is 10.2 Å². The zero-order valence-electron chi connectivity index (χ0n) is 13.9. The van der Waals surface area contributed by atoms with Crippen LogP contribution in [0.3, 0.4) is 0 Å². The molecule has 0 amide bonds. The Balaban J connectivity index is 2.08. The van der Waals surface area contributed by atoms with E-state index >= 15 is 0 Å². The summed E-state index contributed by atoms with van der Waals surface area (Å²) in [6, 6.07) is 7.00. The fourth-order valence-electron chi connectivity index (χ4n) is 2.74. The molecular formula is C17H28ClN3. The minimum atomic E-state index is 0.105. The smallest absolute Gasteiger partial charge is 0.0471 e. The van der Waals surface area contributed by atoms with Gasteiger partial charge < -0.3 is 15.1 Å². The monoisotopic (exact) mass is 309 g/mol. The Morgan fingerprint density at radius 3 is 2.57 bits per heavy atom. The predicted molar refractivity (Wildman–Crippen MR) is 92.3 cm³/mol. The van der Waals surface area contributed by atoms with E-state index in [1.165, 1.54) is 5.69 Å². The second-order valence-electron chi connectivity index (χ2n) is 7.18. The molecule has 118 valence electrons. The molecule has 1 aromatic carbocycles. The van der Waals surface area contributed by atoms with Crippen molar-refractivity contribution in [1.29, 1.82) is 0 Å². The number of hydrogen-bond acceptors (Lipinski definition) is 3. The van der Waals surface area contributed by atoms with Gasteiger partial charge in [0, 0.05) is 48.5 Å². The van der Waals surface area contributed by atoms with Crippen LogP contribution in [-0.2, 0) is 6.54 Å². The van der Waals surface area contributed by atoms with Gasteiger partial charge >= 0.3 is 0 Å². The van der Waals surface area contributed by atoms with Gasteiger partial charge in [-0.05, 0) is 52.4 Å². The minimum absolute atomic E-state index is 0.105. The van der Waals surface area contributed by atoms with E-state index in [1.807, 2.05) is 0 Å². The Bertz CT molecular complexity index is 481. The average Bonchev–Trinajstić information content (AvgIpc) is 2.36. The number of rotatable bonds is 3. The standard InChI is InChI=1S/C17H28ClN3/c1-13-12-20(5)8-9-21(13)15-7-6-14(16(18)10-15)11-19-17(2,3)4/h6-7,10,13,19H,8-9,11-12H2,1-5H3. The summed E-state index contributed by atoms with van der Waals surface area (Å²) in [5.74, 6) is 0. The molecule has 0 aromatic heterocycles. The summed E-state index contributed by atoms with van der Waals surface area (Å²) in [6.45, 7) is 12.9. The van der Waals surface area contributed by atoms with Gasteiger partial charge in [-0.2, -0.15) is 0 Å². The van der Waals surface area contributed by atoms with Gasteiger partial charge in [0.05, 0.1) is 0 Å². The van der Waals surface area contributed by atoms with E-state index in [1.54, 1.807) is 0 Å². The van der Waals surface area contributed by atoms with Crippen molar-refractivity contribution in [3.05, 3.63) is 28.8 Å². The number of halogens is 1. The second-order valence-corrected chi connectivity index (χ2v) is 7.59. The largest absolute Gasteiger partial charge is 0.366 e. The fourth-order valence-corrected chi connectivity index (χ4v) is 2.98. The fraction of sp³-hybridized carbons (Fsp3) is 0.647. The molecule has 3 nitrogen and oxygen atoms in total. The Labute approximate surface area is 134 Å². The molecule has 0 spiro atoms. The quantitative estimate of drug-likeness (QED) is 0.923. The number of hydrogen-bond donors (Lipinski definition) is 1. The summed E-state index contributed by atoms with van der Waals surface area (Å²) >= 11 is 6.48. The third-order valence-corrected chi connectivity index (χ3v) is 4.36. The van der Waals surface area contributed by atoms with Gasteiger partial charge in [-0.15, -0.1) is 0 Å². The predicted octanol–water partition coefficient (Wildman–Crippen LogP) is 3.37. The maximum Gasteiger partial charge on any atom is 0.0471 e. The summed E-state index contributed by atoms with van der Waals surface area (Å²) in [5, 5.41) is 4.34. The van der Waals surface area contributed by atoms with Gasteiger partial charge in [0.25, 0.3) is 0 Å². The molecule has 1 heterocycles. The molecule has 21 heavy (non-hydrogen) atoms. The number of anilines is 1. The van der Waals surface area contributed by atoms with Crippen LogP contribution in [0.4, 0.5) is 5.69 Å². The molecule has 0 saturated carbocycles. The Morgan fingerprint density at radius 1 is 1.29 bits per heavy atom. The van der Waals surface area contributed by atoms with Crippen molar-refractivity contribution in [3.63, 3.8) is 0 Å². The van der Waals surface area contributed by atoms with Crippen LogP contribution in [0.1, 0.15) is 33.3 Å². The van der Waals surface area contributed by atoms with Crippen molar-refractivity contribution >= 4 is 17.3 Å². The summed E-state index contributed by atoms with van der Waals surface area (Å²) in [5.41, 5.74) is 2.51. The van der Waals surface area contributed by atoms with E-state index in [0.29, 0.717) is 6.04 Å². The number of benzene rings is 1. The van der Waals surface area contributed by atoms with Gasteiger partial charge in [-0.1, -0.05) is 17.7 Å². The van der Waals surface area contributed by atoms with Crippen molar-refractivity contribution < 1.29 is 0 Å². The van der Waals surface area contributed by atoms with E-state index in [4.69, 9.17) is 11.6 Å². The lowest BCUT2D eigenvalue weighted by molar-refractivity contribution is 0.275. The van der Waals surface area contributed by atoms with Gasteiger partial charge in [-0.25, -0.2) is 0 Å². The van der Waals surface area contributed by atoms with E-state index in [0.717, 1.165) is 36.8 Å². The normalized spacial score (nSPS) is 20.9. The number of likely N-dealkylation sites (N-methyl/N-ethyl adjacent to an activating group) is 1. The molecule has 1 fully saturated rings. The highest BCUT2D eigenvalue weighted by molar-refractivity contribution is 6.31. The van der Waals surface area contributed by atoms with Crippen LogP contribution in [0.2, 0.25) is 5.02 Å². The van der Waals surface area contributed by atoms with Crippen molar-refractivity contribution in [2.24, 2.45) is 0 Å². The molecule has 1 aliphatic rings. The highest BCUT2D eigenvalue weighted by Gasteiger charge is 2.22. The molecule has 1 aromatic rings. The van der Waals surface area contributed by atoms with Crippen molar-refractivity contribution in [2.45, 2.75) is 45.8 Å². The van der Waals surface area contributed by atoms with Crippen LogP contribution in [0.25, 0.3) is 0 Å². The lowest BCUT2D eigenvalue weighted by Crippen LogP contribution is -2.50. The summed E-state index contributed by atoms with van der Waals surface area (Å²) in [4.78, 5) is 4.83. The summed E-state index contributed by atoms with van der Waals surface area (Å²) in [7, 11) is 2.18. The molecular weight excluding hydrogens is 282 g/mol. The van der Waals surface area contributed by atoms with Crippen LogP contribution in [0, 0.1) is 0 Å². The first-order valence-corrected chi connectivity index (χ1v) is 8.13. The van der Waals surface area contributed by atoms with Crippen LogP contribution < -0.4 is 10.2 Å². The molecule has 4 heteroatoms. The first kappa shape index (κ1) is 16.6. The van der Waals surface area contributed by atoms with Crippen LogP contribution >= 0.6 is 11.6 Å². The maximum absolute atomic E-state index is 6.48. The summed E-state index contributed by atoms with van der Waals surface area (Å²) < 4.78 is 0. The maximum atomic E-state index is 6.48. The van der Waals surface area contributed by atoms with Gasteiger partial charge in [-0.3, -0.25) is 0 Å². The molecule has 0 aliphatic carbocycles. The van der Waals surface area contributed by atoms with E-state index in [2.05, 4.69) is 68.1 Å². The first-order valence-electron chi connectivity index (χ1n) is 7.75. The van der Waals surface area contributed by atoms with Crippen molar-refractivity contribution in [3.8, 4) is 0 Å². The lowest BCUT2D eigenvalue weighted by Gasteiger charge is -2.40. The Kier molecular flexibility index (Phi) is 5.18. The van der Waals surface area contributed by atoms with E-state index < -0.39 is 0 Å². The first-order chi connectivity index (χ1) is 9.76. The molecule has 2 rings (SSSR count). The van der Waals surface area contributed by atoms with E-state index in [9.17, 15) is 0 Å². The van der Waals surface area contributed by atoms with Crippen molar-refractivity contribution in [2.75, 3.05) is 31.6 Å². The molecule has 0 radical (unpaired) electrons. The molecule has 1 atom stereocenters. The third-order valence-electron chi connectivity index (χ3n) is 4.01. The van der Waals surface area contributed by atoms with Crippen LogP contribution in [0.15, 0.2) is 18.2 Å². The molecule has 1 unspecified atom stereocenters. The average molecular weight is 310 g/mol. The van der Waals surface area contributed by atoms with Crippen LogP contribution in [0.5, 0.6) is 0 Å². The molecule has 0 bridgehead atoms. The zero-order chi connectivity index (χ0) is 15.6. The Hall–Kier alpha value is -0.770.